The van der Waals surface area contributed by atoms with Gasteiger partial charge < -0.3 is 9.64 Å². The molecule has 4 aromatic rings. The fourth-order valence-corrected chi connectivity index (χ4v) is 4.16. The van der Waals surface area contributed by atoms with Crippen molar-refractivity contribution in [3.63, 3.8) is 0 Å². The minimum Gasteiger partial charge on any atom is -0.494 e. The molecule has 1 aliphatic heterocycles. The Morgan fingerprint density at radius 2 is 1.80 bits per heavy atom. The summed E-state index contributed by atoms with van der Waals surface area (Å²) in [6.07, 6.45) is 8.72. The van der Waals surface area contributed by atoms with Gasteiger partial charge in [0.25, 0.3) is 0 Å². The van der Waals surface area contributed by atoms with Gasteiger partial charge >= 0.3 is 0 Å². The number of pyridine rings is 1. The summed E-state index contributed by atoms with van der Waals surface area (Å²) in [5.74, 6) is 1.65. The van der Waals surface area contributed by atoms with Gasteiger partial charge in [0.15, 0.2) is 11.5 Å². The Bertz CT molecular complexity index is 1150. The highest BCUT2D eigenvalue weighted by atomic mass is 16.5. The summed E-state index contributed by atoms with van der Waals surface area (Å²) in [5, 5.41) is 15.2. The van der Waals surface area contributed by atoms with Crippen molar-refractivity contribution < 1.29 is 4.74 Å². The summed E-state index contributed by atoms with van der Waals surface area (Å²) >= 11 is 0. The van der Waals surface area contributed by atoms with Crippen LogP contribution in [0.25, 0.3) is 27.7 Å². The average molecular weight is 403 g/mol. The standard InChI is InChI=1S/C23H26N6O/c1-17-25-26-23-21-16-24-11-10-20(21)22(27-29(17)23)18-6-8-19(9-7-18)30-15-5-14-28-12-3-2-4-13-28/h6-11,16H,2-5,12-15H2,1H3. The third kappa shape index (κ3) is 3.73. The monoisotopic (exact) mass is 402 g/mol. The van der Waals surface area contributed by atoms with Crippen LogP contribution < -0.4 is 4.74 Å². The molecule has 0 bridgehead atoms. The predicted octanol–water partition coefficient (Wildman–Crippen LogP) is 3.90. The largest absolute Gasteiger partial charge is 0.494 e. The number of aryl methyl sites for hydroxylation is 1. The zero-order valence-corrected chi connectivity index (χ0v) is 17.3. The van der Waals surface area contributed by atoms with E-state index in [1.165, 1.54) is 32.4 Å². The van der Waals surface area contributed by atoms with Crippen LogP contribution in [0.3, 0.4) is 0 Å². The molecule has 0 radical (unpaired) electrons. The zero-order valence-electron chi connectivity index (χ0n) is 17.3. The molecule has 1 saturated heterocycles. The van der Waals surface area contributed by atoms with Gasteiger partial charge in [-0.2, -0.15) is 9.61 Å². The molecule has 7 heteroatoms. The van der Waals surface area contributed by atoms with Gasteiger partial charge in [0.1, 0.15) is 5.75 Å². The molecule has 0 saturated carbocycles. The molecular weight excluding hydrogens is 376 g/mol. The number of hydrogen-bond donors (Lipinski definition) is 0. The van der Waals surface area contributed by atoms with E-state index < -0.39 is 0 Å². The van der Waals surface area contributed by atoms with E-state index in [4.69, 9.17) is 9.84 Å². The van der Waals surface area contributed by atoms with E-state index in [1.54, 1.807) is 10.7 Å². The summed E-state index contributed by atoms with van der Waals surface area (Å²) in [4.78, 5) is 6.81. The molecule has 7 nitrogen and oxygen atoms in total. The van der Waals surface area contributed by atoms with Crippen LogP contribution in [0.4, 0.5) is 0 Å². The maximum Gasteiger partial charge on any atom is 0.187 e. The van der Waals surface area contributed by atoms with Crippen LogP contribution >= 0.6 is 0 Å². The number of likely N-dealkylation sites (tertiary alicyclic amines) is 1. The summed E-state index contributed by atoms with van der Waals surface area (Å²) < 4.78 is 7.75. The quantitative estimate of drug-likeness (QED) is 0.456. The number of ether oxygens (including phenoxy) is 1. The molecular formula is C23H26N6O. The van der Waals surface area contributed by atoms with Crippen molar-refractivity contribution in [3.05, 3.63) is 48.5 Å². The lowest BCUT2D eigenvalue weighted by Gasteiger charge is -2.26. The fourth-order valence-electron chi connectivity index (χ4n) is 4.16. The first-order chi connectivity index (χ1) is 14.8. The lowest BCUT2D eigenvalue weighted by molar-refractivity contribution is 0.205. The highest BCUT2D eigenvalue weighted by Gasteiger charge is 2.14. The SMILES string of the molecule is Cc1nnc2c3cnccc3c(-c3ccc(OCCCN4CCCCC4)cc3)nn12. The molecule has 0 atom stereocenters. The van der Waals surface area contributed by atoms with Gasteiger partial charge in [0.2, 0.25) is 0 Å². The van der Waals surface area contributed by atoms with E-state index in [0.717, 1.165) is 58.8 Å². The lowest BCUT2D eigenvalue weighted by Crippen LogP contribution is -2.31. The van der Waals surface area contributed by atoms with Crippen molar-refractivity contribution in [1.29, 1.82) is 0 Å². The Morgan fingerprint density at radius 3 is 2.63 bits per heavy atom. The zero-order chi connectivity index (χ0) is 20.3. The van der Waals surface area contributed by atoms with Crippen molar-refractivity contribution in [3.8, 4) is 17.0 Å². The van der Waals surface area contributed by atoms with Gasteiger partial charge in [-0.05, 0) is 69.6 Å². The van der Waals surface area contributed by atoms with Crippen molar-refractivity contribution in [2.24, 2.45) is 0 Å². The van der Waals surface area contributed by atoms with Crippen LogP contribution in [0, 0.1) is 6.92 Å². The van der Waals surface area contributed by atoms with Crippen molar-refractivity contribution >= 4 is 16.4 Å². The molecule has 0 N–H and O–H groups in total. The van der Waals surface area contributed by atoms with Gasteiger partial charge in [-0.15, -0.1) is 10.2 Å². The van der Waals surface area contributed by atoms with E-state index in [1.807, 2.05) is 31.3 Å². The molecule has 1 aliphatic rings. The van der Waals surface area contributed by atoms with Crippen LogP contribution in [-0.4, -0.2) is 55.9 Å². The van der Waals surface area contributed by atoms with Crippen LogP contribution in [0.1, 0.15) is 31.5 Å². The number of rotatable bonds is 6. The van der Waals surface area contributed by atoms with E-state index >= 15 is 0 Å². The molecule has 3 aromatic heterocycles. The first kappa shape index (κ1) is 18.9. The summed E-state index contributed by atoms with van der Waals surface area (Å²) in [7, 11) is 0. The van der Waals surface area contributed by atoms with Crippen molar-refractivity contribution in [2.75, 3.05) is 26.2 Å². The first-order valence-corrected chi connectivity index (χ1v) is 10.7. The molecule has 0 aliphatic carbocycles. The lowest BCUT2D eigenvalue weighted by atomic mass is 10.1. The highest BCUT2D eigenvalue weighted by molar-refractivity contribution is 6.00. The van der Waals surface area contributed by atoms with Crippen LogP contribution in [0.15, 0.2) is 42.7 Å². The van der Waals surface area contributed by atoms with Gasteiger partial charge in [0, 0.05) is 35.3 Å². The summed E-state index contributed by atoms with van der Waals surface area (Å²) in [6, 6.07) is 10.1. The number of benzene rings is 1. The molecule has 30 heavy (non-hydrogen) atoms. The summed E-state index contributed by atoms with van der Waals surface area (Å²) in [5.41, 5.74) is 2.65. The van der Waals surface area contributed by atoms with E-state index in [-0.39, 0.29) is 0 Å². The Hall–Kier alpha value is -3.06. The topological polar surface area (TPSA) is 68.4 Å². The van der Waals surface area contributed by atoms with E-state index in [0.29, 0.717) is 0 Å². The van der Waals surface area contributed by atoms with Gasteiger partial charge in [-0.3, -0.25) is 4.98 Å². The van der Waals surface area contributed by atoms with Gasteiger partial charge in [-0.1, -0.05) is 6.42 Å². The van der Waals surface area contributed by atoms with E-state index in [2.05, 4.69) is 32.2 Å². The second-order valence-corrected chi connectivity index (χ2v) is 7.88. The normalized spacial score (nSPS) is 15.1. The van der Waals surface area contributed by atoms with Gasteiger partial charge in [0.05, 0.1) is 12.3 Å². The Labute approximate surface area is 175 Å². The second kappa shape index (κ2) is 8.36. The van der Waals surface area contributed by atoms with Crippen molar-refractivity contribution in [1.82, 2.24) is 29.7 Å². The molecule has 4 heterocycles. The Kier molecular flexibility index (Phi) is 5.27. The maximum atomic E-state index is 5.97. The number of nitrogens with zero attached hydrogens (tertiary/aromatic N) is 6. The number of hydrogen-bond acceptors (Lipinski definition) is 6. The molecule has 0 unspecified atom stereocenters. The van der Waals surface area contributed by atoms with E-state index in [9.17, 15) is 0 Å². The molecule has 154 valence electrons. The Balaban J connectivity index is 1.32. The third-order valence-electron chi connectivity index (χ3n) is 5.78. The summed E-state index contributed by atoms with van der Waals surface area (Å²) in [6.45, 7) is 6.25. The number of fused-ring (bicyclic) bond motifs is 3. The van der Waals surface area contributed by atoms with Crippen molar-refractivity contribution in [2.45, 2.75) is 32.6 Å². The third-order valence-corrected chi connectivity index (χ3v) is 5.78. The van der Waals surface area contributed by atoms with Crippen LogP contribution in [0.5, 0.6) is 5.75 Å². The second-order valence-electron chi connectivity index (χ2n) is 7.88. The number of aromatic nitrogens is 5. The maximum absolute atomic E-state index is 5.97. The van der Waals surface area contributed by atoms with Gasteiger partial charge in [-0.25, -0.2) is 0 Å². The molecule has 5 rings (SSSR count). The molecule has 1 fully saturated rings. The predicted molar refractivity (Wildman–Crippen MR) is 117 cm³/mol. The minimum atomic E-state index is 0.730. The first-order valence-electron chi connectivity index (χ1n) is 10.7. The smallest absolute Gasteiger partial charge is 0.187 e. The highest BCUT2D eigenvalue weighted by Crippen LogP contribution is 2.29. The van der Waals surface area contributed by atoms with Crippen LogP contribution in [-0.2, 0) is 0 Å². The molecule has 0 spiro atoms. The number of piperidine rings is 1. The fraction of sp³-hybridized carbons (Fsp3) is 0.391. The van der Waals surface area contributed by atoms with Crippen LogP contribution in [0.2, 0.25) is 0 Å². The molecule has 1 aromatic carbocycles. The average Bonchev–Trinajstić information content (AvgIpc) is 3.18. The molecule has 0 amide bonds. The Morgan fingerprint density at radius 1 is 0.967 bits per heavy atom. The minimum absolute atomic E-state index is 0.730.